The van der Waals surface area contributed by atoms with Crippen LogP contribution in [0.2, 0.25) is 0 Å². The zero-order valence-corrected chi connectivity index (χ0v) is 15.0. The van der Waals surface area contributed by atoms with Crippen molar-refractivity contribution in [1.82, 2.24) is 5.43 Å². The molecule has 0 saturated heterocycles. The number of ketones is 1. The van der Waals surface area contributed by atoms with Crippen LogP contribution in [0.1, 0.15) is 5.56 Å². The van der Waals surface area contributed by atoms with E-state index < -0.39 is 0 Å². The summed E-state index contributed by atoms with van der Waals surface area (Å²) in [6, 6.07) is 12.0. The molecule has 9 heteroatoms. The second kappa shape index (κ2) is 9.59. The quantitative estimate of drug-likeness (QED) is 0.248. The molecule has 0 fully saturated rings. The van der Waals surface area contributed by atoms with E-state index in [4.69, 9.17) is 28.6 Å². The number of Topliss-reactive ketones (excluding diaryl/α,β-unsaturated/α-hetero) is 1. The number of hydrazone groups is 1. The van der Waals surface area contributed by atoms with Crippen LogP contribution in [0.5, 0.6) is 17.2 Å². The molecule has 0 aromatic heterocycles. The van der Waals surface area contributed by atoms with Crippen molar-refractivity contribution in [2.24, 2.45) is 5.10 Å². The van der Waals surface area contributed by atoms with Gasteiger partial charge in [-0.25, -0.2) is 0 Å². The number of nitrogens with zero attached hydrogens (tertiary/aromatic N) is 1. The van der Waals surface area contributed by atoms with Crippen molar-refractivity contribution in [3.8, 4) is 17.2 Å². The van der Waals surface area contributed by atoms with Crippen molar-refractivity contribution in [3.05, 3.63) is 48.0 Å². The van der Waals surface area contributed by atoms with Gasteiger partial charge in [0.25, 0.3) is 0 Å². The van der Waals surface area contributed by atoms with Crippen molar-refractivity contribution < 1.29 is 19.7 Å². The van der Waals surface area contributed by atoms with E-state index in [0.717, 1.165) is 5.69 Å². The maximum atomic E-state index is 11.2. The molecule has 2 aromatic carbocycles. The molecule has 0 bridgehead atoms. The first-order valence-corrected chi connectivity index (χ1v) is 8.36. The molecule has 2 rings (SSSR count). The van der Waals surface area contributed by atoms with Gasteiger partial charge in [-0.05, 0) is 36.5 Å². The average molecular weight is 394 g/mol. The van der Waals surface area contributed by atoms with Crippen molar-refractivity contribution >= 4 is 46.6 Å². The number of hydrogen-bond acceptors (Lipinski definition) is 6. The number of para-hydroxylation sites is 1. The second-order valence-corrected chi connectivity index (χ2v) is 5.68. The Bertz CT molecular complexity index is 815. The molecule has 0 radical (unpaired) electrons. The van der Waals surface area contributed by atoms with Gasteiger partial charge < -0.3 is 20.3 Å². The summed E-state index contributed by atoms with van der Waals surface area (Å²) in [6.07, 6.45) is 1.30. The number of anilines is 1. The summed E-state index contributed by atoms with van der Waals surface area (Å²) in [5.41, 5.74) is 3.66. The van der Waals surface area contributed by atoms with Gasteiger partial charge in [0.15, 0.2) is 22.4 Å². The van der Waals surface area contributed by atoms with Gasteiger partial charge in [0.05, 0.1) is 12.1 Å². The third-order valence-electron chi connectivity index (χ3n) is 3.07. The number of phenols is 2. The molecule has 0 heterocycles. The van der Waals surface area contributed by atoms with Crippen molar-refractivity contribution in [3.63, 3.8) is 0 Å². The first-order valence-electron chi connectivity index (χ1n) is 7.41. The Balaban J connectivity index is 2.01. The van der Waals surface area contributed by atoms with E-state index in [9.17, 15) is 15.0 Å². The first-order chi connectivity index (χ1) is 12.5. The predicted molar refractivity (Wildman–Crippen MR) is 104 cm³/mol. The van der Waals surface area contributed by atoms with Crippen LogP contribution < -0.4 is 15.5 Å². The first kappa shape index (κ1) is 19.5. The highest BCUT2D eigenvalue weighted by molar-refractivity contribution is 7.80. The minimum atomic E-state index is -0.386. The van der Waals surface area contributed by atoms with E-state index in [1.54, 1.807) is 0 Å². The monoisotopic (exact) mass is 393 g/mol. The molecule has 0 spiro atoms. The summed E-state index contributed by atoms with van der Waals surface area (Å²) in [7, 11) is 0. The summed E-state index contributed by atoms with van der Waals surface area (Å²) in [6.45, 7) is -0.367. The molecule has 4 N–H and O–H groups in total. The number of hydrogen-bond donors (Lipinski definition) is 4. The largest absolute Gasteiger partial charge is 0.504 e. The molecule has 136 valence electrons. The topological polar surface area (TPSA) is 103 Å². The summed E-state index contributed by atoms with van der Waals surface area (Å²) >= 11 is 10.5. The van der Waals surface area contributed by atoms with Crippen LogP contribution in [-0.4, -0.2) is 39.8 Å². The van der Waals surface area contributed by atoms with Gasteiger partial charge >= 0.3 is 0 Å². The molecule has 0 atom stereocenters. The molecule has 2 aromatic rings. The Kier molecular flexibility index (Phi) is 7.19. The molecule has 0 aliphatic heterocycles. The minimum absolute atomic E-state index is 0.224. The normalized spacial score (nSPS) is 10.5. The number of benzene rings is 2. The van der Waals surface area contributed by atoms with E-state index in [1.165, 1.54) is 18.3 Å². The lowest BCUT2D eigenvalue weighted by molar-refractivity contribution is -0.118. The number of carbonyl (C=O) groups is 1. The molecule has 7 nitrogen and oxygen atoms in total. The van der Waals surface area contributed by atoms with Crippen LogP contribution in [-0.2, 0) is 4.79 Å². The van der Waals surface area contributed by atoms with Crippen molar-refractivity contribution in [1.29, 1.82) is 0 Å². The van der Waals surface area contributed by atoms with Gasteiger partial charge in [-0.2, -0.15) is 5.10 Å². The Morgan fingerprint density at radius 2 is 1.96 bits per heavy atom. The van der Waals surface area contributed by atoms with Gasteiger partial charge in [-0.1, -0.05) is 18.2 Å². The SMILES string of the molecule is O=C(CCl)COc1c(O)ccc(/C=N/NC(=S)Nc2ccccc2)c1O. The highest BCUT2D eigenvalue weighted by Crippen LogP contribution is 2.37. The molecule has 0 aliphatic rings. The van der Waals surface area contributed by atoms with Gasteiger partial charge in [0, 0.05) is 11.3 Å². The van der Waals surface area contributed by atoms with Gasteiger partial charge in [-0.3, -0.25) is 10.2 Å². The van der Waals surface area contributed by atoms with Crippen LogP contribution in [0.15, 0.2) is 47.6 Å². The Hall–Kier alpha value is -2.84. The molecule has 26 heavy (non-hydrogen) atoms. The van der Waals surface area contributed by atoms with Crippen LogP contribution >= 0.6 is 23.8 Å². The smallest absolute Gasteiger partial charge is 0.204 e. The second-order valence-electron chi connectivity index (χ2n) is 5.00. The number of rotatable bonds is 7. The van der Waals surface area contributed by atoms with E-state index in [0.29, 0.717) is 0 Å². The Morgan fingerprint density at radius 3 is 2.65 bits per heavy atom. The summed E-state index contributed by atoms with van der Waals surface area (Å²) in [5, 5.41) is 27.0. The number of thiocarbonyl (C=S) groups is 1. The Morgan fingerprint density at radius 1 is 1.23 bits per heavy atom. The third-order valence-corrected chi connectivity index (χ3v) is 3.56. The van der Waals surface area contributed by atoms with Crippen molar-refractivity contribution in [2.45, 2.75) is 0 Å². The van der Waals surface area contributed by atoms with E-state index in [-0.39, 0.29) is 46.2 Å². The van der Waals surface area contributed by atoms with Crippen LogP contribution in [0, 0.1) is 0 Å². The zero-order chi connectivity index (χ0) is 18.9. The molecular formula is C17H16ClN3O4S. The van der Waals surface area contributed by atoms with Crippen molar-refractivity contribution in [2.75, 3.05) is 17.8 Å². The minimum Gasteiger partial charge on any atom is -0.504 e. The zero-order valence-electron chi connectivity index (χ0n) is 13.5. The summed E-state index contributed by atoms with van der Waals surface area (Å²) in [5.74, 6) is -1.50. The summed E-state index contributed by atoms with van der Waals surface area (Å²) < 4.78 is 5.11. The highest BCUT2D eigenvalue weighted by Gasteiger charge is 2.14. The van der Waals surface area contributed by atoms with Gasteiger partial charge in [-0.15, -0.1) is 11.6 Å². The van der Waals surface area contributed by atoms with Crippen LogP contribution in [0.4, 0.5) is 5.69 Å². The Labute approximate surface area is 160 Å². The standard InChI is InChI=1S/C17H16ClN3O4S/c18-8-13(22)10-25-16-14(23)7-6-11(15(16)24)9-19-21-17(26)20-12-4-2-1-3-5-12/h1-7,9,23-24H,8,10H2,(H2,20,21,26)/b19-9+. The molecular weight excluding hydrogens is 378 g/mol. The number of halogens is 1. The number of alkyl halides is 1. The van der Waals surface area contributed by atoms with Crippen LogP contribution in [0.3, 0.4) is 0 Å². The van der Waals surface area contributed by atoms with E-state index >= 15 is 0 Å². The molecule has 0 saturated carbocycles. The lowest BCUT2D eigenvalue weighted by Crippen LogP contribution is -2.23. The third kappa shape index (κ3) is 5.61. The predicted octanol–water partition coefficient (Wildman–Crippen LogP) is 2.61. The summed E-state index contributed by atoms with van der Waals surface area (Å²) in [4.78, 5) is 11.2. The van der Waals surface area contributed by atoms with E-state index in [1.807, 2.05) is 30.3 Å². The molecule has 0 amide bonds. The number of phenolic OH excluding ortho intramolecular Hbond substituents is 2. The number of carbonyl (C=O) groups excluding carboxylic acids is 1. The number of ether oxygens (including phenoxy) is 1. The fourth-order valence-corrected chi connectivity index (χ4v) is 2.10. The molecule has 0 aliphatic carbocycles. The van der Waals surface area contributed by atoms with Gasteiger partial charge in [0.2, 0.25) is 5.75 Å². The molecule has 0 unspecified atom stereocenters. The fourth-order valence-electron chi connectivity index (χ4n) is 1.85. The maximum absolute atomic E-state index is 11.2. The van der Waals surface area contributed by atoms with Crippen LogP contribution in [0.25, 0.3) is 0 Å². The average Bonchev–Trinajstić information content (AvgIpc) is 2.64. The van der Waals surface area contributed by atoms with E-state index in [2.05, 4.69) is 15.8 Å². The lowest BCUT2D eigenvalue weighted by Gasteiger charge is -2.10. The highest BCUT2D eigenvalue weighted by atomic mass is 35.5. The lowest BCUT2D eigenvalue weighted by atomic mass is 10.2. The number of aromatic hydroxyl groups is 2. The maximum Gasteiger partial charge on any atom is 0.204 e. The number of nitrogens with one attached hydrogen (secondary N) is 2. The van der Waals surface area contributed by atoms with Gasteiger partial charge in [0.1, 0.15) is 6.61 Å². The fraction of sp³-hybridized carbons (Fsp3) is 0.118.